The van der Waals surface area contributed by atoms with Crippen LogP contribution in [-0.4, -0.2) is 34.4 Å². The molecule has 1 amide bonds. The molecule has 1 atom stereocenters. The summed E-state index contributed by atoms with van der Waals surface area (Å²) in [5, 5.41) is 11.4. The molecular weight excluding hydrogens is 468 g/mol. The quantitative estimate of drug-likeness (QED) is 0.219. The topological polar surface area (TPSA) is 96.8 Å². The van der Waals surface area contributed by atoms with Crippen LogP contribution in [0.5, 0.6) is 0 Å². The Kier molecular flexibility index (Phi) is 6.86. The lowest BCUT2D eigenvalue weighted by molar-refractivity contribution is -0.132. The van der Waals surface area contributed by atoms with Crippen molar-refractivity contribution in [2.75, 3.05) is 11.5 Å². The molecule has 1 fully saturated rings. The first-order chi connectivity index (χ1) is 18.0. The summed E-state index contributed by atoms with van der Waals surface area (Å²) in [6.45, 7) is 2.23. The van der Waals surface area contributed by atoms with Crippen LogP contribution in [0.15, 0.2) is 72.6 Å². The van der Waals surface area contributed by atoms with E-state index in [0.717, 1.165) is 31.2 Å². The molecule has 0 spiro atoms. The van der Waals surface area contributed by atoms with Gasteiger partial charge in [-0.15, -0.1) is 0 Å². The first-order valence-electron chi connectivity index (χ1n) is 12.6. The molecule has 37 heavy (non-hydrogen) atoms. The van der Waals surface area contributed by atoms with Gasteiger partial charge in [-0.05, 0) is 85.2 Å². The van der Waals surface area contributed by atoms with E-state index in [1.807, 2.05) is 25.1 Å². The molecule has 188 valence electrons. The highest BCUT2D eigenvalue weighted by Crippen LogP contribution is 2.42. The molecule has 1 N–H and O–H groups in total. The minimum absolute atomic E-state index is 0.0141. The number of benzene rings is 2. The van der Waals surface area contributed by atoms with E-state index in [0.29, 0.717) is 35.4 Å². The van der Waals surface area contributed by atoms with E-state index in [1.165, 1.54) is 10.5 Å². The maximum absolute atomic E-state index is 13.4. The van der Waals surface area contributed by atoms with E-state index in [-0.39, 0.29) is 11.3 Å². The summed E-state index contributed by atoms with van der Waals surface area (Å²) in [5.74, 6) is -2.18. The van der Waals surface area contributed by atoms with Gasteiger partial charge in [0.1, 0.15) is 5.76 Å². The van der Waals surface area contributed by atoms with Crippen molar-refractivity contribution in [1.82, 2.24) is 4.98 Å². The number of carbonyl (C=O) groups is 3. The van der Waals surface area contributed by atoms with Gasteiger partial charge in [0.2, 0.25) is 0 Å². The van der Waals surface area contributed by atoms with E-state index in [1.54, 1.807) is 48.8 Å². The number of fused-ring (bicyclic) bond motifs is 1. The fourth-order valence-corrected chi connectivity index (χ4v) is 5.02. The Labute approximate surface area is 215 Å². The van der Waals surface area contributed by atoms with Gasteiger partial charge in [0.05, 0.1) is 23.8 Å². The van der Waals surface area contributed by atoms with Gasteiger partial charge in [0.25, 0.3) is 11.7 Å². The molecule has 7 heteroatoms. The van der Waals surface area contributed by atoms with E-state index < -0.39 is 23.7 Å². The van der Waals surface area contributed by atoms with Crippen LogP contribution < -0.4 is 4.90 Å². The number of aromatic nitrogens is 1. The molecule has 1 aromatic heterocycles. The zero-order valence-electron chi connectivity index (χ0n) is 20.6. The van der Waals surface area contributed by atoms with E-state index in [9.17, 15) is 19.5 Å². The summed E-state index contributed by atoms with van der Waals surface area (Å²) in [7, 11) is 0. The molecule has 2 aliphatic rings. The highest BCUT2D eigenvalue weighted by Gasteiger charge is 2.47. The van der Waals surface area contributed by atoms with Gasteiger partial charge in [-0.2, -0.15) is 0 Å². The fraction of sp³-hybridized carbons (Fsp3) is 0.267. The molecular formula is C30H28N2O5. The van der Waals surface area contributed by atoms with Crippen molar-refractivity contribution in [2.45, 2.75) is 45.1 Å². The van der Waals surface area contributed by atoms with Crippen LogP contribution in [0.1, 0.15) is 64.8 Å². The molecule has 0 saturated carbocycles. The molecule has 1 aliphatic carbocycles. The van der Waals surface area contributed by atoms with Gasteiger partial charge in [0.15, 0.2) is 0 Å². The van der Waals surface area contributed by atoms with Crippen LogP contribution in [-0.2, 0) is 27.2 Å². The van der Waals surface area contributed by atoms with Gasteiger partial charge >= 0.3 is 5.97 Å². The zero-order chi connectivity index (χ0) is 25.9. The number of amides is 1. The molecule has 0 bridgehead atoms. The Bertz CT molecular complexity index is 1380. The minimum Gasteiger partial charge on any atom is -0.507 e. The number of anilines is 1. The third-order valence-corrected chi connectivity index (χ3v) is 6.88. The Hall–Kier alpha value is -4.26. The number of esters is 1. The average molecular weight is 497 g/mol. The van der Waals surface area contributed by atoms with Crippen LogP contribution in [0.2, 0.25) is 0 Å². The second kappa shape index (κ2) is 10.4. The number of hydrogen-bond acceptors (Lipinski definition) is 6. The number of aliphatic hydroxyl groups excluding tert-OH is 1. The smallest absolute Gasteiger partial charge is 0.338 e. The number of aryl methyl sites for hydroxylation is 2. The van der Waals surface area contributed by atoms with Crippen LogP contribution in [0.3, 0.4) is 0 Å². The van der Waals surface area contributed by atoms with E-state index in [4.69, 9.17) is 4.74 Å². The number of ether oxygens (including phenoxy) is 1. The van der Waals surface area contributed by atoms with Crippen molar-refractivity contribution < 1.29 is 24.2 Å². The highest BCUT2D eigenvalue weighted by atomic mass is 16.5. The van der Waals surface area contributed by atoms with Gasteiger partial charge in [0, 0.05) is 23.6 Å². The molecule has 3 aromatic rings. The lowest BCUT2D eigenvalue weighted by Gasteiger charge is -2.25. The third-order valence-electron chi connectivity index (χ3n) is 6.88. The predicted octanol–water partition coefficient (Wildman–Crippen LogP) is 5.15. The summed E-state index contributed by atoms with van der Waals surface area (Å²) in [5.41, 5.74) is 4.31. The summed E-state index contributed by atoms with van der Waals surface area (Å²) in [4.78, 5) is 44.5. The Morgan fingerprint density at radius 3 is 2.46 bits per heavy atom. The second-order valence-corrected chi connectivity index (χ2v) is 9.33. The maximum Gasteiger partial charge on any atom is 0.338 e. The van der Waals surface area contributed by atoms with Crippen LogP contribution in [0, 0.1) is 0 Å². The van der Waals surface area contributed by atoms with E-state index in [2.05, 4.69) is 4.98 Å². The molecule has 2 heterocycles. The summed E-state index contributed by atoms with van der Waals surface area (Å²) < 4.78 is 5.19. The molecule has 5 rings (SSSR count). The first kappa shape index (κ1) is 24.4. The van der Waals surface area contributed by atoms with Crippen molar-refractivity contribution in [3.05, 3.63) is 100 Å². The predicted molar refractivity (Wildman–Crippen MR) is 139 cm³/mol. The molecule has 1 aliphatic heterocycles. The third kappa shape index (κ3) is 4.65. The molecule has 1 unspecified atom stereocenters. The van der Waals surface area contributed by atoms with Crippen LogP contribution >= 0.6 is 0 Å². The zero-order valence-corrected chi connectivity index (χ0v) is 20.6. The summed E-state index contributed by atoms with van der Waals surface area (Å²) in [6, 6.07) is 14.7. The van der Waals surface area contributed by atoms with Crippen molar-refractivity contribution in [1.29, 1.82) is 0 Å². The van der Waals surface area contributed by atoms with E-state index >= 15 is 0 Å². The van der Waals surface area contributed by atoms with Crippen molar-refractivity contribution in [2.24, 2.45) is 0 Å². The minimum atomic E-state index is -0.873. The van der Waals surface area contributed by atoms with Crippen molar-refractivity contribution in [3.8, 4) is 0 Å². The molecule has 7 nitrogen and oxygen atoms in total. The van der Waals surface area contributed by atoms with Crippen LogP contribution in [0.25, 0.3) is 5.76 Å². The van der Waals surface area contributed by atoms with Gasteiger partial charge < -0.3 is 9.84 Å². The van der Waals surface area contributed by atoms with Gasteiger partial charge in [-0.25, -0.2) is 4.79 Å². The summed E-state index contributed by atoms with van der Waals surface area (Å²) in [6.07, 6.45) is 8.04. The number of ketones is 1. The van der Waals surface area contributed by atoms with Gasteiger partial charge in [-0.3, -0.25) is 19.5 Å². The standard InChI is InChI=1S/C30H28N2O5/c1-2-16-37-30(36)20-11-13-24(14-12-20)32-26(23-8-5-15-31-18-23)25(28(34)29(32)35)27(33)22-10-9-19-6-3-4-7-21(19)17-22/h5,8-15,17-18,26,33H,2-4,6-7,16H2,1H3/b27-25-. The average Bonchev–Trinajstić information content (AvgIpc) is 3.21. The Morgan fingerprint density at radius 1 is 1.03 bits per heavy atom. The van der Waals surface area contributed by atoms with Crippen LogP contribution in [0.4, 0.5) is 5.69 Å². The fourth-order valence-electron chi connectivity index (χ4n) is 5.02. The lowest BCUT2D eigenvalue weighted by atomic mass is 9.89. The number of hydrogen-bond donors (Lipinski definition) is 1. The normalized spacial score (nSPS) is 18.5. The second-order valence-electron chi connectivity index (χ2n) is 9.33. The molecule has 1 saturated heterocycles. The largest absolute Gasteiger partial charge is 0.507 e. The Balaban J connectivity index is 1.58. The van der Waals surface area contributed by atoms with Crippen molar-refractivity contribution >= 4 is 29.1 Å². The van der Waals surface area contributed by atoms with Crippen molar-refractivity contribution in [3.63, 3.8) is 0 Å². The number of aliphatic hydroxyl groups is 1. The SMILES string of the molecule is CCCOC(=O)c1ccc(N2C(=O)C(=O)/C(=C(\O)c3ccc4c(c3)CCCC4)C2c2cccnc2)cc1. The first-order valence-corrected chi connectivity index (χ1v) is 12.6. The number of nitrogens with zero attached hydrogens (tertiary/aromatic N) is 2. The maximum atomic E-state index is 13.4. The van der Waals surface area contributed by atoms with Gasteiger partial charge in [-0.1, -0.05) is 25.1 Å². The monoisotopic (exact) mass is 496 g/mol. The molecule has 0 radical (unpaired) electrons. The lowest BCUT2D eigenvalue weighted by Crippen LogP contribution is -2.29. The number of rotatable bonds is 6. The highest BCUT2D eigenvalue weighted by molar-refractivity contribution is 6.51. The number of Topliss-reactive ketones (excluding diaryl/α,β-unsaturated/α-hetero) is 1. The summed E-state index contributed by atoms with van der Waals surface area (Å²) >= 11 is 0. The number of carbonyl (C=O) groups excluding carboxylic acids is 3. The molecule has 2 aromatic carbocycles. The Morgan fingerprint density at radius 2 is 1.76 bits per heavy atom. The number of pyridine rings is 1.